The molecule has 1 aromatic heterocycles. The van der Waals surface area contributed by atoms with E-state index in [-0.39, 0.29) is 11.6 Å². The van der Waals surface area contributed by atoms with Crippen molar-refractivity contribution in [3.8, 4) is 11.4 Å². The van der Waals surface area contributed by atoms with Crippen LogP contribution in [0.1, 0.15) is 18.5 Å². The van der Waals surface area contributed by atoms with Gasteiger partial charge in [0.15, 0.2) is 0 Å². The summed E-state index contributed by atoms with van der Waals surface area (Å²) in [7, 11) is 1.71. The molecule has 2 N–H and O–H groups in total. The molecule has 0 fully saturated rings. The lowest BCUT2D eigenvalue weighted by Gasteiger charge is -2.14. The Morgan fingerprint density at radius 1 is 1.23 bits per heavy atom. The first-order valence-electron chi connectivity index (χ1n) is 7.00. The number of halogens is 1. The van der Waals surface area contributed by atoms with Crippen LogP contribution in [0.5, 0.6) is 0 Å². The van der Waals surface area contributed by atoms with Gasteiger partial charge in [0.05, 0.1) is 10.9 Å². The summed E-state index contributed by atoms with van der Waals surface area (Å²) in [5.41, 5.74) is 8.16. The first-order chi connectivity index (χ1) is 10.5. The average Bonchev–Trinajstić information content (AvgIpc) is 2.51. The number of nitrogens with two attached hydrogens (primary N) is 1. The molecule has 0 saturated carbocycles. The average molecular weight is 314 g/mol. The van der Waals surface area contributed by atoms with Gasteiger partial charge >= 0.3 is 0 Å². The SMILES string of the molecule is CC(N)c1cc(Cl)cc2c(=O)n(C)c(-c3ccccc3)nc12. The standard InChI is InChI=1S/C17H16ClN3O/c1-10(19)13-8-12(18)9-14-15(13)20-16(21(2)17(14)22)11-6-4-3-5-7-11/h3-10H,19H2,1-2H3. The fraction of sp³-hybridized carbons (Fsp3) is 0.176. The number of rotatable bonds is 2. The Labute approximate surface area is 133 Å². The minimum atomic E-state index is -0.260. The van der Waals surface area contributed by atoms with Gasteiger partial charge in [0.25, 0.3) is 5.56 Å². The minimum absolute atomic E-state index is 0.131. The second-order valence-electron chi connectivity index (χ2n) is 5.35. The fourth-order valence-corrected chi connectivity index (χ4v) is 2.79. The van der Waals surface area contributed by atoms with Crippen LogP contribution in [-0.2, 0) is 7.05 Å². The van der Waals surface area contributed by atoms with Crippen LogP contribution in [0.25, 0.3) is 22.3 Å². The predicted octanol–water partition coefficient (Wildman–Crippen LogP) is 3.27. The van der Waals surface area contributed by atoms with Gasteiger partial charge in [0, 0.05) is 23.7 Å². The molecule has 0 saturated heterocycles. The van der Waals surface area contributed by atoms with Gasteiger partial charge < -0.3 is 5.73 Å². The molecular weight excluding hydrogens is 298 g/mol. The first kappa shape index (κ1) is 14.8. The lowest BCUT2D eigenvalue weighted by molar-refractivity contribution is 0.815. The summed E-state index contributed by atoms with van der Waals surface area (Å²) in [5, 5.41) is 0.980. The highest BCUT2D eigenvalue weighted by Gasteiger charge is 2.15. The summed E-state index contributed by atoms with van der Waals surface area (Å²) >= 11 is 6.12. The summed E-state index contributed by atoms with van der Waals surface area (Å²) < 4.78 is 1.54. The number of aromatic nitrogens is 2. The van der Waals surface area contributed by atoms with E-state index in [1.54, 1.807) is 23.7 Å². The van der Waals surface area contributed by atoms with E-state index in [1.165, 1.54) is 0 Å². The molecule has 0 aliphatic heterocycles. The monoisotopic (exact) mass is 313 g/mol. The topological polar surface area (TPSA) is 60.9 Å². The highest BCUT2D eigenvalue weighted by Crippen LogP contribution is 2.26. The van der Waals surface area contributed by atoms with Gasteiger partial charge in [-0.2, -0.15) is 0 Å². The van der Waals surface area contributed by atoms with Crippen LogP contribution in [-0.4, -0.2) is 9.55 Å². The Morgan fingerprint density at radius 3 is 2.55 bits per heavy atom. The van der Waals surface area contributed by atoms with Crippen LogP contribution in [0.3, 0.4) is 0 Å². The van der Waals surface area contributed by atoms with E-state index in [1.807, 2.05) is 37.3 Å². The van der Waals surface area contributed by atoms with Crippen molar-refractivity contribution in [1.82, 2.24) is 9.55 Å². The largest absolute Gasteiger partial charge is 0.324 e. The third kappa shape index (κ3) is 2.40. The van der Waals surface area contributed by atoms with Crippen LogP contribution in [0, 0.1) is 0 Å². The predicted molar refractivity (Wildman–Crippen MR) is 90.0 cm³/mol. The van der Waals surface area contributed by atoms with Crippen LogP contribution in [0.4, 0.5) is 0 Å². The summed E-state index contributed by atoms with van der Waals surface area (Å²) in [6, 6.07) is 12.8. The van der Waals surface area contributed by atoms with E-state index in [9.17, 15) is 4.79 Å². The molecule has 0 amide bonds. The second kappa shape index (κ2) is 5.55. The van der Waals surface area contributed by atoms with E-state index in [2.05, 4.69) is 0 Å². The first-order valence-corrected chi connectivity index (χ1v) is 7.38. The van der Waals surface area contributed by atoms with Gasteiger partial charge in [0.1, 0.15) is 5.82 Å². The van der Waals surface area contributed by atoms with Crippen molar-refractivity contribution in [2.75, 3.05) is 0 Å². The number of hydrogen-bond acceptors (Lipinski definition) is 3. The normalized spacial score (nSPS) is 12.5. The molecule has 2 aromatic carbocycles. The summed E-state index contributed by atoms with van der Waals surface area (Å²) in [6.45, 7) is 1.85. The zero-order valence-corrected chi connectivity index (χ0v) is 13.1. The van der Waals surface area contributed by atoms with E-state index in [0.29, 0.717) is 21.7 Å². The highest BCUT2D eigenvalue weighted by atomic mass is 35.5. The molecule has 0 radical (unpaired) electrons. The van der Waals surface area contributed by atoms with Gasteiger partial charge in [-0.05, 0) is 24.6 Å². The highest BCUT2D eigenvalue weighted by molar-refractivity contribution is 6.31. The molecule has 0 aliphatic carbocycles. The molecule has 4 nitrogen and oxygen atoms in total. The maximum Gasteiger partial charge on any atom is 0.261 e. The maximum atomic E-state index is 12.7. The van der Waals surface area contributed by atoms with E-state index in [0.717, 1.165) is 11.1 Å². The molecule has 5 heteroatoms. The number of fused-ring (bicyclic) bond motifs is 1. The lowest BCUT2D eigenvalue weighted by atomic mass is 10.0. The molecule has 3 aromatic rings. The molecule has 0 bridgehead atoms. The van der Waals surface area contributed by atoms with Crippen LogP contribution in [0.15, 0.2) is 47.3 Å². The van der Waals surface area contributed by atoms with Crippen molar-refractivity contribution in [2.24, 2.45) is 12.8 Å². The molecule has 0 aliphatic rings. The molecule has 1 unspecified atom stereocenters. The maximum absolute atomic E-state index is 12.7. The quantitative estimate of drug-likeness (QED) is 0.790. The van der Waals surface area contributed by atoms with Crippen molar-refractivity contribution < 1.29 is 0 Å². The molecule has 1 atom stereocenters. The van der Waals surface area contributed by atoms with Gasteiger partial charge in [-0.25, -0.2) is 4.98 Å². The minimum Gasteiger partial charge on any atom is -0.324 e. The summed E-state index contributed by atoms with van der Waals surface area (Å²) in [4.78, 5) is 17.4. The van der Waals surface area contributed by atoms with Crippen molar-refractivity contribution in [3.63, 3.8) is 0 Å². The Bertz CT molecular complexity index is 901. The van der Waals surface area contributed by atoms with Crippen LogP contribution >= 0.6 is 11.6 Å². The Hall–Kier alpha value is -2.17. The lowest BCUT2D eigenvalue weighted by Crippen LogP contribution is -2.21. The molecule has 3 rings (SSSR count). The molecule has 0 spiro atoms. The third-order valence-electron chi connectivity index (χ3n) is 3.70. The molecule has 1 heterocycles. The van der Waals surface area contributed by atoms with E-state index < -0.39 is 0 Å². The summed E-state index contributed by atoms with van der Waals surface area (Å²) in [6.07, 6.45) is 0. The third-order valence-corrected chi connectivity index (χ3v) is 3.92. The number of hydrogen-bond donors (Lipinski definition) is 1. The van der Waals surface area contributed by atoms with Crippen LogP contribution in [0.2, 0.25) is 5.02 Å². The Morgan fingerprint density at radius 2 is 1.91 bits per heavy atom. The van der Waals surface area contributed by atoms with E-state index >= 15 is 0 Å². The Balaban J connectivity index is 2.43. The zero-order valence-electron chi connectivity index (χ0n) is 12.4. The number of benzene rings is 2. The molecule has 112 valence electrons. The van der Waals surface area contributed by atoms with Crippen molar-refractivity contribution in [2.45, 2.75) is 13.0 Å². The van der Waals surface area contributed by atoms with Crippen molar-refractivity contribution >= 4 is 22.5 Å². The zero-order chi connectivity index (χ0) is 15.9. The summed E-state index contributed by atoms with van der Waals surface area (Å²) in [5.74, 6) is 0.613. The van der Waals surface area contributed by atoms with Crippen LogP contribution < -0.4 is 11.3 Å². The van der Waals surface area contributed by atoms with Gasteiger partial charge in [0.2, 0.25) is 0 Å². The molecule has 22 heavy (non-hydrogen) atoms. The van der Waals surface area contributed by atoms with Gasteiger partial charge in [-0.3, -0.25) is 9.36 Å². The Kier molecular flexibility index (Phi) is 3.72. The van der Waals surface area contributed by atoms with Gasteiger partial charge in [-0.1, -0.05) is 41.9 Å². The van der Waals surface area contributed by atoms with Crippen molar-refractivity contribution in [1.29, 1.82) is 0 Å². The van der Waals surface area contributed by atoms with E-state index in [4.69, 9.17) is 22.3 Å². The molecular formula is C17H16ClN3O. The fourth-order valence-electron chi connectivity index (χ4n) is 2.56. The van der Waals surface area contributed by atoms with Gasteiger partial charge in [-0.15, -0.1) is 0 Å². The smallest absolute Gasteiger partial charge is 0.261 e. The number of nitrogens with zero attached hydrogens (tertiary/aromatic N) is 2. The second-order valence-corrected chi connectivity index (χ2v) is 5.78. The van der Waals surface area contributed by atoms with Crippen molar-refractivity contribution in [3.05, 3.63) is 63.4 Å².